The van der Waals surface area contributed by atoms with Gasteiger partial charge in [-0.15, -0.1) is 11.8 Å². The first-order valence-corrected chi connectivity index (χ1v) is 6.99. The highest BCUT2D eigenvalue weighted by molar-refractivity contribution is 7.99. The molecule has 3 heteroatoms. The van der Waals surface area contributed by atoms with Crippen LogP contribution in [0.2, 0.25) is 5.02 Å². The van der Waals surface area contributed by atoms with Crippen molar-refractivity contribution in [1.82, 2.24) is 0 Å². The molecule has 0 radical (unpaired) electrons. The Labute approximate surface area is 108 Å². The number of rotatable bonds is 6. The molecule has 16 heavy (non-hydrogen) atoms. The van der Waals surface area contributed by atoms with Crippen LogP contribution >= 0.6 is 23.4 Å². The molecule has 0 bridgehead atoms. The molecular formula is C13H20ClNS. The van der Waals surface area contributed by atoms with E-state index in [1.165, 1.54) is 17.7 Å². The summed E-state index contributed by atoms with van der Waals surface area (Å²) in [6.07, 6.45) is 2.35. The van der Waals surface area contributed by atoms with E-state index < -0.39 is 0 Å². The third kappa shape index (κ3) is 4.77. The fourth-order valence-corrected chi connectivity index (χ4v) is 2.59. The van der Waals surface area contributed by atoms with Gasteiger partial charge in [-0.1, -0.05) is 37.6 Å². The molecule has 0 spiro atoms. The molecule has 0 atom stereocenters. The lowest BCUT2D eigenvalue weighted by atomic mass is 9.88. The predicted molar refractivity (Wildman–Crippen MR) is 74.2 cm³/mol. The first-order valence-electron chi connectivity index (χ1n) is 5.62. The van der Waals surface area contributed by atoms with E-state index in [0.717, 1.165) is 17.3 Å². The Kier molecular flexibility index (Phi) is 5.67. The molecule has 0 saturated heterocycles. The molecule has 1 aromatic carbocycles. The van der Waals surface area contributed by atoms with Crippen molar-refractivity contribution in [3.63, 3.8) is 0 Å². The lowest BCUT2D eigenvalue weighted by molar-refractivity contribution is 0.345. The van der Waals surface area contributed by atoms with E-state index in [1.54, 1.807) is 0 Å². The smallest absolute Gasteiger partial charge is 0.0541 e. The minimum absolute atomic E-state index is 0.265. The molecule has 0 amide bonds. The molecular weight excluding hydrogens is 238 g/mol. The predicted octanol–water partition coefficient (Wildman–Crippen LogP) is 4.20. The van der Waals surface area contributed by atoms with Crippen molar-refractivity contribution in [3.8, 4) is 0 Å². The van der Waals surface area contributed by atoms with Crippen LogP contribution in [0.4, 0.5) is 0 Å². The Bertz CT molecular complexity index is 325. The Hall–Kier alpha value is -0.180. The zero-order valence-corrected chi connectivity index (χ0v) is 11.6. The largest absolute Gasteiger partial charge is 0.330 e. The maximum absolute atomic E-state index is 6.08. The molecule has 0 aliphatic heterocycles. The van der Waals surface area contributed by atoms with Crippen molar-refractivity contribution in [2.45, 2.75) is 31.6 Å². The summed E-state index contributed by atoms with van der Waals surface area (Å²) in [5.41, 5.74) is 5.96. The Morgan fingerprint density at radius 2 is 2.00 bits per heavy atom. The third-order valence-electron chi connectivity index (χ3n) is 2.64. The van der Waals surface area contributed by atoms with Gasteiger partial charge in [-0.05, 0) is 42.7 Å². The Morgan fingerprint density at radius 3 is 2.62 bits per heavy atom. The van der Waals surface area contributed by atoms with Crippen molar-refractivity contribution in [2.75, 3.05) is 12.3 Å². The number of halogens is 1. The minimum Gasteiger partial charge on any atom is -0.330 e. The molecule has 0 heterocycles. The third-order valence-corrected chi connectivity index (χ3v) is 4.25. The molecule has 0 aromatic heterocycles. The summed E-state index contributed by atoms with van der Waals surface area (Å²) >= 11 is 7.90. The van der Waals surface area contributed by atoms with Gasteiger partial charge in [-0.25, -0.2) is 0 Å². The van der Waals surface area contributed by atoms with Crippen LogP contribution in [0.15, 0.2) is 29.2 Å². The van der Waals surface area contributed by atoms with Gasteiger partial charge in [0, 0.05) is 4.90 Å². The summed E-state index contributed by atoms with van der Waals surface area (Å²) in [5.74, 6) is 1.10. The van der Waals surface area contributed by atoms with Gasteiger partial charge in [-0.3, -0.25) is 0 Å². The van der Waals surface area contributed by atoms with Crippen molar-refractivity contribution < 1.29 is 0 Å². The summed E-state index contributed by atoms with van der Waals surface area (Å²) in [4.78, 5) is 1.18. The van der Waals surface area contributed by atoms with Crippen molar-refractivity contribution in [2.24, 2.45) is 11.1 Å². The van der Waals surface area contributed by atoms with Crippen LogP contribution in [0.5, 0.6) is 0 Å². The molecule has 90 valence electrons. The van der Waals surface area contributed by atoms with Crippen molar-refractivity contribution in [1.29, 1.82) is 0 Å². The van der Waals surface area contributed by atoms with Gasteiger partial charge >= 0.3 is 0 Å². The molecule has 1 aromatic rings. The summed E-state index contributed by atoms with van der Waals surface area (Å²) in [7, 11) is 0. The summed E-state index contributed by atoms with van der Waals surface area (Å²) in [5, 5.41) is 0.852. The van der Waals surface area contributed by atoms with Crippen LogP contribution in [-0.4, -0.2) is 12.3 Å². The van der Waals surface area contributed by atoms with Gasteiger partial charge in [-0.2, -0.15) is 0 Å². The fourth-order valence-electron chi connectivity index (χ4n) is 1.40. The minimum atomic E-state index is 0.265. The van der Waals surface area contributed by atoms with Crippen molar-refractivity contribution in [3.05, 3.63) is 29.3 Å². The van der Waals surface area contributed by atoms with E-state index in [-0.39, 0.29) is 5.41 Å². The lowest BCUT2D eigenvalue weighted by Crippen LogP contribution is -2.23. The number of nitrogens with two attached hydrogens (primary N) is 1. The standard InChI is InChI=1S/C13H20ClNS/c1-13(2,10-15)8-5-9-16-12-7-4-3-6-11(12)14/h3-4,6-7H,5,8-10,15H2,1-2H3. The second-order valence-corrected chi connectivity index (χ2v) is 6.29. The molecule has 0 saturated carbocycles. The number of thioether (sulfide) groups is 1. The average Bonchev–Trinajstić information content (AvgIpc) is 2.27. The molecule has 2 N–H and O–H groups in total. The molecule has 0 fully saturated rings. The van der Waals surface area contributed by atoms with Gasteiger partial charge in [0.2, 0.25) is 0 Å². The summed E-state index contributed by atoms with van der Waals surface area (Å²) in [6, 6.07) is 8.00. The molecule has 1 rings (SSSR count). The maximum Gasteiger partial charge on any atom is 0.0541 e. The van der Waals surface area contributed by atoms with E-state index in [0.29, 0.717) is 0 Å². The first kappa shape index (κ1) is 13.9. The molecule has 0 unspecified atom stereocenters. The number of benzene rings is 1. The highest BCUT2D eigenvalue weighted by atomic mass is 35.5. The van der Waals surface area contributed by atoms with Crippen LogP contribution in [0.3, 0.4) is 0 Å². The highest BCUT2D eigenvalue weighted by Gasteiger charge is 2.14. The maximum atomic E-state index is 6.08. The van der Waals surface area contributed by atoms with E-state index >= 15 is 0 Å². The van der Waals surface area contributed by atoms with Crippen LogP contribution in [0.1, 0.15) is 26.7 Å². The molecule has 0 aliphatic carbocycles. The zero-order valence-electron chi connectivity index (χ0n) is 10.0. The Balaban J connectivity index is 2.29. The van der Waals surface area contributed by atoms with E-state index in [9.17, 15) is 0 Å². The van der Waals surface area contributed by atoms with Gasteiger partial charge in [0.15, 0.2) is 0 Å². The topological polar surface area (TPSA) is 26.0 Å². The van der Waals surface area contributed by atoms with Gasteiger partial charge in [0.1, 0.15) is 0 Å². The van der Waals surface area contributed by atoms with Crippen molar-refractivity contribution >= 4 is 23.4 Å². The number of hydrogen-bond acceptors (Lipinski definition) is 2. The zero-order chi connectivity index (χ0) is 12.0. The van der Waals surface area contributed by atoms with E-state index in [4.69, 9.17) is 17.3 Å². The van der Waals surface area contributed by atoms with E-state index in [2.05, 4.69) is 19.9 Å². The normalized spacial score (nSPS) is 11.8. The van der Waals surface area contributed by atoms with Crippen LogP contribution in [-0.2, 0) is 0 Å². The highest BCUT2D eigenvalue weighted by Crippen LogP contribution is 2.29. The molecule has 1 nitrogen and oxygen atoms in total. The SMILES string of the molecule is CC(C)(CN)CCCSc1ccccc1Cl. The fraction of sp³-hybridized carbons (Fsp3) is 0.538. The average molecular weight is 258 g/mol. The summed E-state index contributed by atoms with van der Waals surface area (Å²) < 4.78 is 0. The lowest BCUT2D eigenvalue weighted by Gasteiger charge is -2.21. The van der Waals surface area contributed by atoms with Crippen LogP contribution < -0.4 is 5.73 Å². The quantitative estimate of drug-likeness (QED) is 0.611. The van der Waals surface area contributed by atoms with Gasteiger partial charge in [0.25, 0.3) is 0 Å². The first-order chi connectivity index (χ1) is 7.55. The van der Waals surface area contributed by atoms with Gasteiger partial charge < -0.3 is 5.73 Å². The van der Waals surface area contributed by atoms with E-state index in [1.807, 2.05) is 30.0 Å². The monoisotopic (exact) mass is 257 g/mol. The summed E-state index contributed by atoms with van der Waals surface area (Å²) in [6.45, 7) is 5.18. The van der Waals surface area contributed by atoms with Crippen LogP contribution in [0, 0.1) is 5.41 Å². The molecule has 0 aliphatic rings. The second-order valence-electron chi connectivity index (χ2n) is 4.75. The second kappa shape index (κ2) is 6.53. The van der Waals surface area contributed by atoms with Crippen LogP contribution in [0.25, 0.3) is 0 Å². The number of hydrogen-bond donors (Lipinski definition) is 1. The van der Waals surface area contributed by atoms with Gasteiger partial charge in [0.05, 0.1) is 5.02 Å². The Morgan fingerprint density at radius 1 is 1.31 bits per heavy atom.